The van der Waals surface area contributed by atoms with Crippen molar-refractivity contribution in [1.29, 1.82) is 0 Å². The number of sulfonamides is 1. The number of nitrogens with one attached hydrogen (secondary N) is 1. The normalized spacial score (nSPS) is 13.9. The first-order valence-corrected chi connectivity index (χ1v) is 8.50. The first-order valence-electron chi connectivity index (χ1n) is 7.02. The molecule has 0 saturated heterocycles. The highest BCUT2D eigenvalue weighted by atomic mass is 32.2. The number of anilines is 1. The van der Waals surface area contributed by atoms with Crippen molar-refractivity contribution in [2.24, 2.45) is 0 Å². The van der Waals surface area contributed by atoms with Crippen LogP contribution in [0, 0.1) is 0 Å². The fraction of sp³-hybridized carbons (Fsp3) is 0.250. The maximum absolute atomic E-state index is 12.6. The SMILES string of the molecule is COc1ccc(S(=O)(=O)Nc2ccccc2)c2c1CCCO2. The molecule has 6 heteroatoms. The van der Waals surface area contributed by atoms with Crippen LogP contribution in [0.15, 0.2) is 47.4 Å². The smallest absolute Gasteiger partial charge is 0.265 e. The number of hydrogen-bond donors (Lipinski definition) is 1. The summed E-state index contributed by atoms with van der Waals surface area (Å²) in [5, 5.41) is 0. The van der Waals surface area contributed by atoms with Gasteiger partial charge in [-0.05, 0) is 37.1 Å². The molecule has 5 nitrogen and oxygen atoms in total. The van der Waals surface area contributed by atoms with Crippen molar-refractivity contribution in [3.8, 4) is 11.5 Å². The minimum atomic E-state index is -3.71. The molecular formula is C16H17NO4S. The monoisotopic (exact) mass is 319 g/mol. The molecule has 0 unspecified atom stereocenters. The summed E-state index contributed by atoms with van der Waals surface area (Å²) < 4.78 is 38.8. The zero-order valence-electron chi connectivity index (χ0n) is 12.2. The van der Waals surface area contributed by atoms with E-state index >= 15 is 0 Å². The topological polar surface area (TPSA) is 64.6 Å². The molecule has 2 aromatic carbocycles. The van der Waals surface area contributed by atoms with Crippen LogP contribution in [0.25, 0.3) is 0 Å². The molecule has 0 aliphatic carbocycles. The quantitative estimate of drug-likeness (QED) is 0.941. The third kappa shape index (κ3) is 2.74. The molecule has 0 amide bonds. The van der Waals surface area contributed by atoms with Gasteiger partial charge in [-0.1, -0.05) is 18.2 Å². The highest BCUT2D eigenvalue weighted by molar-refractivity contribution is 7.92. The lowest BCUT2D eigenvalue weighted by Gasteiger charge is -2.22. The predicted molar refractivity (Wildman–Crippen MR) is 84.1 cm³/mol. The molecule has 3 rings (SSSR count). The lowest BCUT2D eigenvalue weighted by Crippen LogP contribution is -2.18. The van der Waals surface area contributed by atoms with Gasteiger partial charge in [-0.15, -0.1) is 0 Å². The first kappa shape index (κ1) is 14.7. The second-order valence-corrected chi connectivity index (χ2v) is 6.65. The number of fused-ring (bicyclic) bond motifs is 1. The largest absolute Gasteiger partial charge is 0.496 e. The van der Waals surface area contributed by atoms with Gasteiger partial charge in [0.25, 0.3) is 10.0 Å². The summed E-state index contributed by atoms with van der Waals surface area (Å²) in [6, 6.07) is 12.0. The van der Waals surface area contributed by atoms with Gasteiger partial charge in [0.15, 0.2) is 0 Å². The van der Waals surface area contributed by atoms with Gasteiger partial charge in [0.1, 0.15) is 16.4 Å². The van der Waals surface area contributed by atoms with Crippen molar-refractivity contribution < 1.29 is 17.9 Å². The van der Waals surface area contributed by atoms with Gasteiger partial charge in [0.2, 0.25) is 0 Å². The van der Waals surface area contributed by atoms with E-state index in [9.17, 15) is 8.42 Å². The van der Waals surface area contributed by atoms with Crippen LogP contribution in [0.2, 0.25) is 0 Å². The fourth-order valence-electron chi connectivity index (χ4n) is 2.53. The average Bonchev–Trinajstić information content (AvgIpc) is 2.54. The number of hydrogen-bond acceptors (Lipinski definition) is 4. The zero-order valence-corrected chi connectivity index (χ0v) is 13.0. The van der Waals surface area contributed by atoms with Crippen LogP contribution in [0.1, 0.15) is 12.0 Å². The Labute approximate surface area is 129 Å². The fourth-order valence-corrected chi connectivity index (χ4v) is 3.76. The van der Waals surface area contributed by atoms with Crippen LogP contribution in [0.4, 0.5) is 5.69 Å². The zero-order chi connectivity index (χ0) is 15.6. The van der Waals surface area contributed by atoms with E-state index in [2.05, 4.69) is 4.72 Å². The molecule has 0 fully saturated rings. The Morgan fingerprint density at radius 3 is 2.64 bits per heavy atom. The summed E-state index contributed by atoms with van der Waals surface area (Å²) in [6.07, 6.45) is 1.59. The average molecular weight is 319 g/mol. The van der Waals surface area contributed by atoms with Crippen molar-refractivity contribution >= 4 is 15.7 Å². The summed E-state index contributed by atoms with van der Waals surface area (Å²) >= 11 is 0. The molecule has 22 heavy (non-hydrogen) atoms. The van der Waals surface area contributed by atoms with Gasteiger partial charge >= 0.3 is 0 Å². The predicted octanol–water partition coefficient (Wildman–Crippen LogP) is 2.82. The molecule has 0 bridgehead atoms. The first-order chi connectivity index (χ1) is 10.6. The number of benzene rings is 2. The minimum absolute atomic E-state index is 0.145. The van der Waals surface area contributed by atoms with Crippen LogP contribution in [-0.2, 0) is 16.4 Å². The van der Waals surface area contributed by atoms with Gasteiger partial charge < -0.3 is 9.47 Å². The van der Waals surface area contributed by atoms with E-state index in [1.54, 1.807) is 37.4 Å². The van der Waals surface area contributed by atoms with E-state index < -0.39 is 10.0 Å². The van der Waals surface area contributed by atoms with Crippen molar-refractivity contribution in [2.75, 3.05) is 18.4 Å². The summed E-state index contributed by atoms with van der Waals surface area (Å²) in [5.74, 6) is 1.06. The third-order valence-corrected chi connectivity index (χ3v) is 4.94. The molecule has 0 atom stereocenters. The molecular weight excluding hydrogens is 302 g/mol. The van der Waals surface area contributed by atoms with E-state index in [0.29, 0.717) is 23.8 Å². The second kappa shape index (κ2) is 5.88. The van der Waals surface area contributed by atoms with E-state index in [0.717, 1.165) is 18.4 Å². The number of ether oxygens (including phenoxy) is 2. The Bertz CT molecular complexity index is 772. The molecule has 0 radical (unpaired) electrons. The molecule has 116 valence electrons. The number of methoxy groups -OCH3 is 1. The second-order valence-electron chi connectivity index (χ2n) is 5.00. The van der Waals surface area contributed by atoms with Crippen LogP contribution in [-0.4, -0.2) is 22.1 Å². The summed E-state index contributed by atoms with van der Waals surface area (Å²) in [7, 11) is -2.14. The Kier molecular flexibility index (Phi) is 3.94. The lowest BCUT2D eigenvalue weighted by molar-refractivity contribution is 0.274. The van der Waals surface area contributed by atoms with Crippen LogP contribution >= 0.6 is 0 Å². The van der Waals surface area contributed by atoms with E-state index in [1.807, 2.05) is 6.07 Å². The standard InChI is InChI=1S/C16H17NO4S/c1-20-14-9-10-15(16-13(14)8-5-11-21-16)22(18,19)17-12-6-3-2-4-7-12/h2-4,6-7,9-10,17H,5,8,11H2,1H3. The molecule has 1 aliphatic rings. The van der Waals surface area contributed by atoms with Crippen molar-refractivity contribution in [1.82, 2.24) is 0 Å². The van der Waals surface area contributed by atoms with Crippen molar-refractivity contribution in [2.45, 2.75) is 17.7 Å². The minimum Gasteiger partial charge on any atom is -0.496 e. The number of para-hydroxylation sites is 1. The molecule has 1 aliphatic heterocycles. The summed E-state index contributed by atoms with van der Waals surface area (Å²) in [6.45, 7) is 0.508. The van der Waals surface area contributed by atoms with Crippen LogP contribution in [0.5, 0.6) is 11.5 Å². The van der Waals surface area contributed by atoms with Gasteiger partial charge in [0.05, 0.1) is 13.7 Å². The Hall–Kier alpha value is -2.21. The molecule has 0 aromatic heterocycles. The maximum atomic E-state index is 12.6. The Morgan fingerprint density at radius 1 is 1.14 bits per heavy atom. The number of rotatable bonds is 4. The Morgan fingerprint density at radius 2 is 1.91 bits per heavy atom. The highest BCUT2D eigenvalue weighted by Crippen LogP contribution is 2.38. The van der Waals surface area contributed by atoms with Gasteiger partial charge in [-0.25, -0.2) is 8.42 Å². The van der Waals surface area contributed by atoms with E-state index in [4.69, 9.17) is 9.47 Å². The van der Waals surface area contributed by atoms with E-state index in [1.165, 1.54) is 6.07 Å². The van der Waals surface area contributed by atoms with Crippen molar-refractivity contribution in [3.63, 3.8) is 0 Å². The van der Waals surface area contributed by atoms with Crippen molar-refractivity contribution in [3.05, 3.63) is 48.0 Å². The molecule has 2 aromatic rings. The third-order valence-electron chi connectivity index (χ3n) is 3.53. The highest BCUT2D eigenvalue weighted by Gasteiger charge is 2.26. The van der Waals surface area contributed by atoms with Crippen LogP contribution < -0.4 is 14.2 Å². The van der Waals surface area contributed by atoms with Crippen LogP contribution in [0.3, 0.4) is 0 Å². The molecule has 1 N–H and O–H groups in total. The van der Waals surface area contributed by atoms with Gasteiger partial charge in [-0.3, -0.25) is 4.72 Å². The maximum Gasteiger partial charge on any atom is 0.265 e. The van der Waals surface area contributed by atoms with Gasteiger partial charge in [-0.2, -0.15) is 0 Å². The summed E-state index contributed by atoms with van der Waals surface area (Å²) in [4.78, 5) is 0.145. The molecule has 0 spiro atoms. The van der Waals surface area contributed by atoms with E-state index in [-0.39, 0.29) is 4.90 Å². The lowest BCUT2D eigenvalue weighted by atomic mass is 10.1. The molecule has 1 heterocycles. The summed E-state index contributed by atoms with van der Waals surface area (Å²) in [5.41, 5.74) is 1.33. The Balaban J connectivity index is 2.04. The van der Waals surface area contributed by atoms with Gasteiger partial charge in [0, 0.05) is 11.3 Å². The molecule has 0 saturated carbocycles.